The molecule has 2 amide bonds. The molecule has 0 saturated carbocycles. The van der Waals surface area contributed by atoms with Gasteiger partial charge in [-0.3, -0.25) is 14.5 Å². The number of hydrogen-bond acceptors (Lipinski definition) is 6. The normalized spacial score (nSPS) is 17.5. The molecule has 0 aromatic heterocycles. The minimum Gasteiger partial charge on any atom is -0.464 e. The molecule has 1 aliphatic carbocycles. The summed E-state index contributed by atoms with van der Waals surface area (Å²) < 4.78 is 16.3. The maximum absolute atomic E-state index is 14.5. The molecule has 0 fully saturated rings. The van der Waals surface area contributed by atoms with Crippen LogP contribution in [0.15, 0.2) is 97.3 Å². The molecule has 0 aliphatic heterocycles. The first-order valence-corrected chi connectivity index (χ1v) is 14.6. The predicted octanol–water partition coefficient (Wildman–Crippen LogP) is 5.81. The fraction of sp³-hybridized carbons (Fsp3) is 0.306. The number of carbonyl (C=O) groups is 3. The van der Waals surface area contributed by atoms with Crippen molar-refractivity contribution in [1.29, 1.82) is 0 Å². The smallest absolute Gasteiger partial charge is 0.335 e. The standard InChI is InChI=1S/C36H40N2O6/c1-6-44-35(41)36(38(20-12-22-43-5)34(40)29-17-10-14-27(3)24-29)25-30-15-7-8-18-31(30)32(36)37(19-11-21-42-4)33(39)28-16-9-13-26(2)23-28/h7-20,23-24,32H,6,21-22,25H2,1-5H3. The molecular formula is C36H40N2O6. The third kappa shape index (κ3) is 6.67. The highest BCUT2D eigenvalue weighted by atomic mass is 16.5. The van der Waals surface area contributed by atoms with Crippen molar-refractivity contribution in [2.24, 2.45) is 0 Å². The Hall–Kier alpha value is -4.53. The molecule has 0 radical (unpaired) electrons. The molecule has 3 aromatic rings. The summed E-state index contributed by atoms with van der Waals surface area (Å²) in [6.07, 6.45) is 6.75. The van der Waals surface area contributed by atoms with E-state index in [9.17, 15) is 14.4 Å². The Balaban J connectivity index is 2.03. The summed E-state index contributed by atoms with van der Waals surface area (Å²) in [5, 5.41) is 0. The summed E-state index contributed by atoms with van der Waals surface area (Å²) in [5.41, 5.74) is 2.56. The number of amides is 2. The van der Waals surface area contributed by atoms with E-state index in [1.807, 2.05) is 56.3 Å². The highest BCUT2D eigenvalue weighted by molar-refractivity contribution is 6.01. The molecule has 0 N–H and O–H groups in total. The second-order valence-corrected chi connectivity index (χ2v) is 10.7. The van der Waals surface area contributed by atoms with Crippen molar-refractivity contribution in [3.05, 3.63) is 131 Å². The molecule has 1 aliphatic rings. The van der Waals surface area contributed by atoms with Crippen LogP contribution in [0.5, 0.6) is 0 Å². The third-order valence-corrected chi connectivity index (χ3v) is 7.63. The zero-order valence-electron chi connectivity index (χ0n) is 26.0. The topological polar surface area (TPSA) is 85.4 Å². The summed E-state index contributed by atoms with van der Waals surface area (Å²) in [7, 11) is 3.11. The summed E-state index contributed by atoms with van der Waals surface area (Å²) in [6, 6.07) is 21.1. The van der Waals surface area contributed by atoms with E-state index in [-0.39, 0.29) is 32.1 Å². The number of esters is 1. The van der Waals surface area contributed by atoms with Crippen LogP contribution in [0.2, 0.25) is 0 Å². The molecule has 0 bridgehead atoms. The van der Waals surface area contributed by atoms with E-state index >= 15 is 0 Å². The average Bonchev–Trinajstić information content (AvgIpc) is 3.36. The Morgan fingerprint density at radius 3 is 2.00 bits per heavy atom. The summed E-state index contributed by atoms with van der Waals surface area (Å²) >= 11 is 0. The van der Waals surface area contributed by atoms with Gasteiger partial charge in [-0.05, 0) is 68.3 Å². The number of rotatable bonds is 12. The number of ether oxygens (including phenoxy) is 3. The lowest BCUT2D eigenvalue weighted by atomic mass is 9.86. The quantitative estimate of drug-likeness (QED) is 0.246. The van der Waals surface area contributed by atoms with Crippen LogP contribution < -0.4 is 0 Å². The van der Waals surface area contributed by atoms with Gasteiger partial charge in [0, 0.05) is 44.2 Å². The Morgan fingerprint density at radius 1 is 0.818 bits per heavy atom. The molecule has 8 nitrogen and oxygen atoms in total. The van der Waals surface area contributed by atoms with E-state index in [1.165, 1.54) is 9.80 Å². The van der Waals surface area contributed by atoms with Crippen LogP contribution in [-0.2, 0) is 25.4 Å². The van der Waals surface area contributed by atoms with E-state index in [0.29, 0.717) is 11.1 Å². The van der Waals surface area contributed by atoms with Crippen molar-refractivity contribution in [2.75, 3.05) is 34.0 Å². The second-order valence-electron chi connectivity index (χ2n) is 10.7. The molecule has 2 atom stereocenters. The van der Waals surface area contributed by atoms with Gasteiger partial charge < -0.3 is 19.1 Å². The molecule has 44 heavy (non-hydrogen) atoms. The van der Waals surface area contributed by atoms with Gasteiger partial charge in [-0.1, -0.05) is 59.7 Å². The average molecular weight is 597 g/mol. The van der Waals surface area contributed by atoms with Crippen molar-refractivity contribution in [3.8, 4) is 0 Å². The van der Waals surface area contributed by atoms with Crippen LogP contribution in [0, 0.1) is 13.8 Å². The lowest BCUT2D eigenvalue weighted by Gasteiger charge is -2.44. The number of methoxy groups -OCH3 is 2. The number of carbonyl (C=O) groups excluding carboxylic acids is 3. The van der Waals surface area contributed by atoms with Gasteiger partial charge in [-0.2, -0.15) is 0 Å². The zero-order valence-corrected chi connectivity index (χ0v) is 26.0. The van der Waals surface area contributed by atoms with Crippen molar-refractivity contribution < 1.29 is 28.6 Å². The minimum absolute atomic E-state index is 0.0866. The fourth-order valence-electron chi connectivity index (χ4n) is 5.74. The Bertz CT molecular complexity index is 1550. The minimum atomic E-state index is -1.67. The first-order chi connectivity index (χ1) is 21.3. The first kappa shape index (κ1) is 32.4. The molecule has 0 spiro atoms. The fourth-order valence-corrected chi connectivity index (χ4v) is 5.74. The summed E-state index contributed by atoms with van der Waals surface area (Å²) in [6.45, 7) is 6.07. The first-order valence-electron chi connectivity index (χ1n) is 14.6. The van der Waals surface area contributed by atoms with Crippen LogP contribution in [0.25, 0.3) is 0 Å². The third-order valence-electron chi connectivity index (χ3n) is 7.63. The van der Waals surface area contributed by atoms with Crippen molar-refractivity contribution in [2.45, 2.75) is 38.8 Å². The van der Waals surface area contributed by atoms with Gasteiger partial charge >= 0.3 is 5.97 Å². The predicted molar refractivity (Wildman–Crippen MR) is 169 cm³/mol. The lowest BCUT2D eigenvalue weighted by molar-refractivity contribution is -0.157. The number of benzene rings is 3. The molecule has 8 heteroatoms. The maximum Gasteiger partial charge on any atom is 0.335 e. The van der Waals surface area contributed by atoms with Gasteiger partial charge in [-0.15, -0.1) is 0 Å². The molecule has 0 heterocycles. The van der Waals surface area contributed by atoms with Gasteiger partial charge in [-0.25, -0.2) is 4.79 Å². The van der Waals surface area contributed by atoms with Crippen molar-refractivity contribution >= 4 is 17.8 Å². The number of hydrogen-bond donors (Lipinski definition) is 0. The molecule has 230 valence electrons. The van der Waals surface area contributed by atoms with E-state index in [0.717, 1.165) is 22.3 Å². The number of fused-ring (bicyclic) bond motifs is 1. The highest BCUT2D eigenvalue weighted by Crippen LogP contribution is 2.49. The van der Waals surface area contributed by atoms with Crippen molar-refractivity contribution in [3.63, 3.8) is 0 Å². The van der Waals surface area contributed by atoms with E-state index in [2.05, 4.69) is 0 Å². The summed E-state index contributed by atoms with van der Waals surface area (Å²) in [5.74, 6) is -1.36. The van der Waals surface area contributed by atoms with Crippen LogP contribution in [0.4, 0.5) is 0 Å². The molecule has 0 saturated heterocycles. The highest BCUT2D eigenvalue weighted by Gasteiger charge is 2.60. The van der Waals surface area contributed by atoms with Gasteiger partial charge in [0.2, 0.25) is 0 Å². The Morgan fingerprint density at radius 2 is 1.41 bits per heavy atom. The van der Waals surface area contributed by atoms with Gasteiger partial charge in [0.15, 0.2) is 5.54 Å². The summed E-state index contributed by atoms with van der Waals surface area (Å²) in [4.78, 5) is 46.5. The molecular weight excluding hydrogens is 556 g/mol. The van der Waals surface area contributed by atoms with Crippen LogP contribution in [-0.4, -0.2) is 67.2 Å². The zero-order chi connectivity index (χ0) is 31.7. The van der Waals surface area contributed by atoms with Gasteiger partial charge in [0.05, 0.1) is 25.9 Å². The molecule has 2 unspecified atom stereocenters. The second kappa shape index (κ2) is 14.8. The maximum atomic E-state index is 14.5. The van der Waals surface area contributed by atoms with E-state index in [4.69, 9.17) is 14.2 Å². The molecule has 3 aromatic carbocycles. The SMILES string of the molecule is CCOC(=O)C1(N(C=CCOC)C(=O)c2cccc(C)c2)Cc2ccccc2C1N(C=CCOC)C(=O)c1cccc(C)c1. The Kier molecular flexibility index (Phi) is 10.9. The lowest BCUT2D eigenvalue weighted by Crippen LogP contribution is -2.61. The van der Waals surface area contributed by atoms with Crippen molar-refractivity contribution in [1.82, 2.24) is 9.80 Å². The van der Waals surface area contributed by atoms with Crippen LogP contribution in [0.3, 0.4) is 0 Å². The number of aryl methyl sites for hydroxylation is 2. The van der Waals surface area contributed by atoms with E-state index in [1.54, 1.807) is 76.0 Å². The number of nitrogens with zero attached hydrogens (tertiary/aromatic N) is 2. The van der Waals surface area contributed by atoms with Gasteiger partial charge in [0.1, 0.15) is 0 Å². The van der Waals surface area contributed by atoms with Gasteiger partial charge in [0.25, 0.3) is 11.8 Å². The van der Waals surface area contributed by atoms with E-state index < -0.39 is 23.5 Å². The van der Waals surface area contributed by atoms with Crippen LogP contribution in [0.1, 0.15) is 55.9 Å². The monoisotopic (exact) mass is 596 g/mol. The Labute approximate surface area is 259 Å². The molecule has 4 rings (SSSR count). The largest absolute Gasteiger partial charge is 0.464 e. The van der Waals surface area contributed by atoms with Crippen LogP contribution >= 0.6 is 0 Å².